The van der Waals surface area contributed by atoms with Crippen LogP contribution in [0, 0.1) is 0 Å². The smallest absolute Gasteiger partial charge is 0.256 e. The van der Waals surface area contributed by atoms with Gasteiger partial charge < -0.3 is 10.1 Å². The van der Waals surface area contributed by atoms with Gasteiger partial charge in [-0.25, -0.2) is 0 Å². The van der Waals surface area contributed by atoms with Crippen molar-refractivity contribution >= 4 is 29.1 Å². The van der Waals surface area contributed by atoms with Gasteiger partial charge in [-0.15, -0.1) is 5.10 Å². The highest BCUT2D eigenvalue weighted by molar-refractivity contribution is 6.31. The Hall–Kier alpha value is -3.65. The number of fused-ring (bicyclic) bond motifs is 1. The van der Waals surface area contributed by atoms with E-state index in [1.54, 1.807) is 18.2 Å². The van der Waals surface area contributed by atoms with Gasteiger partial charge in [0.05, 0.1) is 0 Å². The molecular formula is C19H14ClN5O3. The van der Waals surface area contributed by atoms with Gasteiger partial charge >= 0.3 is 0 Å². The van der Waals surface area contributed by atoms with Crippen LogP contribution in [-0.4, -0.2) is 25.5 Å². The fourth-order valence-electron chi connectivity index (χ4n) is 2.57. The van der Waals surface area contributed by atoms with Gasteiger partial charge in [0, 0.05) is 16.7 Å². The van der Waals surface area contributed by atoms with E-state index in [0.717, 1.165) is 0 Å². The molecule has 0 aliphatic heterocycles. The van der Waals surface area contributed by atoms with E-state index in [1.807, 2.05) is 30.3 Å². The zero-order valence-corrected chi connectivity index (χ0v) is 15.2. The summed E-state index contributed by atoms with van der Waals surface area (Å²) in [5, 5.41) is 7.40. The zero-order chi connectivity index (χ0) is 19.5. The molecule has 0 saturated heterocycles. The van der Waals surface area contributed by atoms with Crippen LogP contribution in [0.1, 0.15) is 16.2 Å². The third-order valence-corrected chi connectivity index (χ3v) is 4.06. The normalized spacial score (nSPS) is 10.8. The standard InChI is InChI=1S/C19H14ClN5O3/c20-13-6-4-5-12(9-13)18(27)22-16-10-17(26)23-19-21-15(24-25(16)19)11-28-14-7-2-1-3-8-14/h1-10H,11H2,(H,22,27)(H,21,23,24,26). The maximum absolute atomic E-state index is 12.5. The number of hydrogen-bond acceptors (Lipinski definition) is 5. The fraction of sp³-hybridized carbons (Fsp3) is 0.0526. The van der Waals surface area contributed by atoms with Gasteiger partial charge in [-0.1, -0.05) is 35.9 Å². The second kappa shape index (κ2) is 7.53. The van der Waals surface area contributed by atoms with E-state index < -0.39 is 11.5 Å². The van der Waals surface area contributed by atoms with Crippen LogP contribution in [-0.2, 0) is 6.61 Å². The van der Waals surface area contributed by atoms with E-state index in [9.17, 15) is 9.59 Å². The number of carbonyl (C=O) groups is 1. The molecule has 0 aliphatic carbocycles. The Kier molecular flexibility index (Phi) is 4.77. The van der Waals surface area contributed by atoms with Crippen LogP contribution in [0.3, 0.4) is 0 Å². The lowest BCUT2D eigenvalue weighted by atomic mass is 10.2. The lowest BCUT2D eigenvalue weighted by Gasteiger charge is -2.06. The third kappa shape index (κ3) is 3.86. The number of H-pyrrole nitrogens is 1. The van der Waals surface area contributed by atoms with Crippen molar-refractivity contribution in [2.24, 2.45) is 0 Å². The highest BCUT2D eigenvalue weighted by atomic mass is 35.5. The average Bonchev–Trinajstić information content (AvgIpc) is 3.10. The van der Waals surface area contributed by atoms with Crippen LogP contribution in [0.25, 0.3) is 5.78 Å². The maximum atomic E-state index is 12.5. The Balaban J connectivity index is 1.60. The van der Waals surface area contributed by atoms with E-state index in [-0.39, 0.29) is 18.2 Å². The molecule has 2 aromatic heterocycles. The fourth-order valence-corrected chi connectivity index (χ4v) is 2.76. The Morgan fingerprint density at radius 1 is 1.14 bits per heavy atom. The second-order valence-electron chi connectivity index (χ2n) is 5.85. The monoisotopic (exact) mass is 395 g/mol. The number of benzene rings is 2. The molecule has 8 nitrogen and oxygen atoms in total. The van der Waals surface area contributed by atoms with Crippen molar-refractivity contribution < 1.29 is 9.53 Å². The molecule has 2 heterocycles. The molecule has 2 aromatic carbocycles. The molecule has 2 N–H and O–H groups in total. The highest BCUT2D eigenvalue weighted by Crippen LogP contribution is 2.14. The van der Waals surface area contributed by atoms with Crippen molar-refractivity contribution in [3.05, 3.63) is 87.4 Å². The minimum Gasteiger partial charge on any atom is -0.486 e. The minimum atomic E-state index is -0.424. The highest BCUT2D eigenvalue weighted by Gasteiger charge is 2.13. The van der Waals surface area contributed by atoms with Gasteiger partial charge in [0.1, 0.15) is 18.2 Å². The van der Waals surface area contributed by atoms with Crippen LogP contribution < -0.4 is 15.6 Å². The minimum absolute atomic E-state index is 0.107. The van der Waals surface area contributed by atoms with E-state index >= 15 is 0 Å². The molecule has 0 atom stereocenters. The largest absolute Gasteiger partial charge is 0.486 e. The van der Waals surface area contributed by atoms with Crippen LogP contribution in [0.15, 0.2) is 65.5 Å². The van der Waals surface area contributed by atoms with Gasteiger partial charge in [0.15, 0.2) is 5.82 Å². The molecular weight excluding hydrogens is 382 g/mol. The molecule has 0 spiro atoms. The van der Waals surface area contributed by atoms with Crippen molar-refractivity contribution in [1.29, 1.82) is 0 Å². The van der Waals surface area contributed by atoms with Crippen molar-refractivity contribution in [2.45, 2.75) is 6.61 Å². The number of aromatic nitrogens is 4. The van der Waals surface area contributed by atoms with Crippen molar-refractivity contribution in [3.63, 3.8) is 0 Å². The summed E-state index contributed by atoms with van der Waals surface area (Å²) < 4.78 is 6.96. The lowest BCUT2D eigenvalue weighted by molar-refractivity contribution is 0.102. The van der Waals surface area contributed by atoms with Crippen LogP contribution >= 0.6 is 11.6 Å². The summed E-state index contributed by atoms with van der Waals surface area (Å²) >= 11 is 5.92. The molecule has 28 heavy (non-hydrogen) atoms. The van der Waals surface area contributed by atoms with E-state index in [4.69, 9.17) is 16.3 Å². The van der Waals surface area contributed by atoms with E-state index in [2.05, 4.69) is 20.4 Å². The number of rotatable bonds is 5. The molecule has 1 amide bonds. The number of hydrogen-bond donors (Lipinski definition) is 2. The average molecular weight is 396 g/mol. The molecule has 0 fully saturated rings. The Morgan fingerprint density at radius 3 is 2.75 bits per heavy atom. The predicted octanol–water partition coefficient (Wildman–Crippen LogP) is 2.90. The van der Waals surface area contributed by atoms with Crippen LogP contribution in [0.2, 0.25) is 5.02 Å². The summed E-state index contributed by atoms with van der Waals surface area (Å²) in [7, 11) is 0. The molecule has 0 bridgehead atoms. The SMILES string of the molecule is O=C(Nc1cc(=O)[nH]c2nc(COc3ccccc3)nn12)c1cccc(Cl)c1. The first-order valence-electron chi connectivity index (χ1n) is 8.32. The number of aromatic amines is 1. The van der Waals surface area contributed by atoms with E-state index in [0.29, 0.717) is 22.2 Å². The second-order valence-corrected chi connectivity index (χ2v) is 6.28. The zero-order valence-electron chi connectivity index (χ0n) is 14.4. The maximum Gasteiger partial charge on any atom is 0.256 e. The number of nitrogens with zero attached hydrogens (tertiary/aromatic N) is 3. The molecule has 9 heteroatoms. The lowest BCUT2D eigenvalue weighted by Crippen LogP contribution is -2.18. The van der Waals surface area contributed by atoms with Gasteiger partial charge in [-0.2, -0.15) is 9.50 Å². The predicted molar refractivity (Wildman–Crippen MR) is 104 cm³/mol. The van der Waals surface area contributed by atoms with Gasteiger partial charge in [-0.05, 0) is 30.3 Å². The van der Waals surface area contributed by atoms with Gasteiger partial charge in [0.25, 0.3) is 11.5 Å². The number of amides is 1. The summed E-state index contributed by atoms with van der Waals surface area (Å²) in [4.78, 5) is 31.2. The van der Waals surface area contributed by atoms with Crippen LogP contribution in [0.5, 0.6) is 5.75 Å². The number of ether oxygens (including phenoxy) is 1. The number of nitrogens with one attached hydrogen (secondary N) is 2. The van der Waals surface area contributed by atoms with Gasteiger partial charge in [-0.3, -0.25) is 14.6 Å². The summed E-state index contributed by atoms with van der Waals surface area (Å²) in [5.74, 6) is 0.975. The Morgan fingerprint density at radius 2 is 1.96 bits per heavy atom. The molecule has 140 valence electrons. The first kappa shape index (κ1) is 17.7. The van der Waals surface area contributed by atoms with Crippen LogP contribution in [0.4, 0.5) is 5.82 Å². The molecule has 0 saturated carbocycles. The summed E-state index contributed by atoms with van der Waals surface area (Å²) in [6.07, 6.45) is 0. The van der Waals surface area contributed by atoms with Crippen molar-refractivity contribution in [3.8, 4) is 5.75 Å². The van der Waals surface area contributed by atoms with Gasteiger partial charge in [0.2, 0.25) is 5.78 Å². The Bertz CT molecular complexity index is 1200. The number of anilines is 1. The van der Waals surface area contributed by atoms with E-state index in [1.165, 1.54) is 16.6 Å². The Labute approximate surface area is 163 Å². The number of para-hydroxylation sites is 1. The molecule has 0 unspecified atom stereocenters. The molecule has 0 aliphatic rings. The number of halogens is 1. The molecule has 4 rings (SSSR count). The number of carbonyl (C=O) groups excluding carboxylic acids is 1. The first-order valence-corrected chi connectivity index (χ1v) is 8.70. The topological polar surface area (TPSA) is 101 Å². The molecule has 0 radical (unpaired) electrons. The summed E-state index contributed by atoms with van der Waals surface area (Å²) in [6, 6.07) is 16.9. The third-order valence-electron chi connectivity index (χ3n) is 3.82. The first-order chi connectivity index (χ1) is 13.6. The van der Waals surface area contributed by atoms with Crippen molar-refractivity contribution in [2.75, 3.05) is 5.32 Å². The molecule has 4 aromatic rings. The summed E-state index contributed by atoms with van der Waals surface area (Å²) in [5.41, 5.74) is -0.0643. The summed E-state index contributed by atoms with van der Waals surface area (Å²) in [6.45, 7) is 0.107. The quantitative estimate of drug-likeness (QED) is 0.541. The van der Waals surface area contributed by atoms with Crippen molar-refractivity contribution in [1.82, 2.24) is 19.6 Å².